The van der Waals surface area contributed by atoms with E-state index in [0.717, 1.165) is 0 Å². The van der Waals surface area contributed by atoms with Crippen molar-refractivity contribution in [1.82, 2.24) is 0 Å². The topological polar surface area (TPSA) is 78.9 Å². The van der Waals surface area contributed by atoms with Crippen LogP contribution in [0, 0.1) is 0 Å². The van der Waals surface area contributed by atoms with Crippen molar-refractivity contribution in [2.24, 2.45) is 0 Å². The molecule has 0 aromatic heterocycles. The summed E-state index contributed by atoms with van der Waals surface area (Å²) in [7, 11) is -5.10. The molecule has 0 amide bonds. The van der Waals surface area contributed by atoms with Gasteiger partial charge < -0.3 is 0 Å². The minimum Gasteiger partial charge on any atom is -0.260 e. The fraction of sp³-hybridized carbons (Fsp3) is 1.00. The van der Waals surface area contributed by atoms with Crippen molar-refractivity contribution in [1.29, 1.82) is 0 Å². The van der Waals surface area contributed by atoms with Crippen LogP contribution in [0.4, 0.5) is 3.89 Å². The van der Waals surface area contributed by atoms with Gasteiger partial charge in [-0.2, -0.15) is 12.6 Å². The summed E-state index contributed by atoms with van der Waals surface area (Å²) < 4.78 is 54.5. The Balaban J connectivity index is 2.60. The van der Waals surface area contributed by atoms with Gasteiger partial charge >= 0.3 is 21.9 Å². The highest BCUT2D eigenvalue weighted by Gasteiger charge is 2.36. The maximum absolute atomic E-state index is 11.9. The first-order valence-electron chi connectivity index (χ1n) is 2.77. The van der Waals surface area contributed by atoms with E-state index in [-0.39, 0.29) is 0 Å². The van der Waals surface area contributed by atoms with E-state index in [1.807, 2.05) is 0 Å². The average Bonchev–Trinajstić information content (AvgIpc) is 2.06. The molecule has 0 bridgehead atoms. The minimum absolute atomic E-state index is 0.892. The molecule has 1 aliphatic rings. The Hall–Kier alpha value is -0.0900. The Labute approximate surface area is 70.9 Å². The molecule has 1 rings (SSSR count). The second-order valence-corrected chi connectivity index (χ2v) is 3.73. The predicted molar refractivity (Wildman–Crippen MR) is 34.7 cm³/mol. The second-order valence-electron chi connectivity index (χ2n) is 1.96. The van der Waals surface area contributed by atoms with Gasteiger partial charge in [-0.05, 0) is 6.92 Å². The molecule has 3 unspecified atom stereocenters. The van der Waals surface area contributed by atoms with Crippen LogP contribution in [-0.2, 0) is 34.4 Å². The highest BCUT2D eigenvalue weighted by molar-refractivity contribution is 7.81. The van der Waals surface area contributed by atoms with Crippen molar-refractivity contribution in [3.63, 3.8) is 0 Å². The van der Waals surface area contributed by atoms with Gasteiger partial charge in [0.2, 0.25) is 6.29 Å². The van der Waals surface area contributed by atoms with Crippen LogP contribution in [0.2, 0.25) is 0 Å². The zero-order valence-electron chi connectivity index (χ0n) is 5.80. The van der Waals surface area contributed by atoms with Gasteiger partial charge in [-0.25, -0.2) is 8.37 Å². The fourth-order valence-corrected chi connectivity index (χ4v) is 1.76. The maximum atomic E-state index is 11.9. The van der Waals surface area contributed by atoms with E-state index in [1.165, 1.54) is 6.92 Å². The molecule has 1 saturated heterocycles. The summed E-state index contributed by atoms with van der Waals surface area (Å²) in [6.45, 7) is 1.33. The first kappa shape index (κ1) is 9.99. The molecule has 9 heteroatoms. The van der Waals surface area contributed by atoms with Gasteiger partial charge in [0.1, 0.15) is 6.10 Å². The highest BCUT2D eigenvalue weighted by atomic mass is 32.3. The van der Waals surface area contributed by atoms with Gasteiger partial charge in [-0.1, -0.05) is 3.89 Å². The number of halogens is 1. The number of hydrogen-bond acceptors (Lipinski definition) is 6. The van der Waals surface area contributed by atoms with Gasteiger partial charge in [0.05, 0.1) is 0 Å². The Morgan fingerprint density at radius 2 is 2.08 bits per heavy atom. The van der Waals surface area contributed by atoms with Crippen LogP contribution >= 0.6 is 0 Å². The van der Waals surface area contributed by atoms with Gasteiger partial charge in [0.25, 0.3) is 0 Å². The smallest absolute Gasteiger partial charge is 0.260 e. The van der Waals surface area contributed by atoms with Gasteiger partial charge in [0, 0.05) is 0 Å². The third-order valence-corrected chi connectivity index (χ3v) is 2.22. The quantitative estimate of drug-likeness (QED) is 0.587. The monoisotopic (exact) mass is 220 g/mol. The lowest BCUT2D eigenvalue weighted by atomic mass is 10.4. The van der Waals surface area contributed by atoms with Crippen molar-refractivity contribution >= 4 is 21.9 Å². The van der Waals surface area contributed by atoms with Crippen LogP contribution in [0.3, 0.4) is 0 Å². The van der Waals surface area contributed by atoms with Crippen LogP contribution in [-0.4, -0.2) is 25.0 Å². The Morgan fingerprint density at radius 1 is 1.50 bits per heavy atom. The molecule has 12 heavy (non-hydrogen) atoms. The van der Waals surface area contributed by atoms with Crippen molar-refractivity contribution < 1.29 is 29.1 Å². The normalized spacial score (nSPS) is 37.0. The third kappa shape index (κ3) is 2.75. The first-order chi connectivity index (χ1) is 5.38. The molecule has 1 fully saturated rings. The average molecular weight is 220 g/mol. The molecule has 1 aliphatic heterocycles. The van der Waals surface area contributed by atoms with Crippen LogP contribution in [0.15, 0.2) is 0 Å². The molecule has 6 nitrogen and oxygen atoms in total. The van der Waals surface area contributed by atoms with Crippen molar-refractivity contribution in [2.45, 2.75) is 19.3 Å². The summed E-state index contributed by atoms with van der Waals surface area (Å²) >= 11 is -2.07. The molecule has 0 radical (unpaired) electrons. The first-order valence-corrected chi connectivity index (χ1v) is 5.08. The minimum atomic E-state index is -5.10. The molecule has 0 N–H and O–H groups in total. The van der Waals surface area contributed by atoms with E-state index in [4.69, 9.17) is 0 Å². The zero-order valence-corrected chi connectivity index (χ0v) is 7.43. The molecular weight excluding hydrogens is 215 g/mol. The number of hydrogen-bond donors (Lipinski definition) is 0. The molecule has 0 aromatic carbocycles. The van der Waals surface area contributed by atoms with Crippen LogP contribution in [0.5, 0.6) is 0 Å². The van der Waals surface area contributed by atoms with Crippen LogP contribution < -0.4 is 0 Å². The lowest BCUT2D eigenvalue weighted by Gasteiger charge is -2.06. The van der Waals surface area contributed by atoms with Gasteiger partial charge in [-0.15, -0.1) is 0 Å². The summed E-state index contributed by atoms with van der Waals surface area (Å²) in [5.41, 5.74) is 0. The highest BCUT2D eigenvalue weighted by Crippen LogP contribution is 2.19. The molecular formula is C3H5FO6S2. The zero-order chi connectivity index (χ0) is 9.35. The largest absolute Gasteiger partial charge is 0.440 e. The van der Waals surface area contributed by atoms with Crippen molar-refractivity contribution in [3.8, 4) is 0 Å². The van der Waals surface area contributed by atoms with Gasteiger partial charge in [0.15, 0.2) is 0 Å². The lowest BCUT2D eigenvalue weighted by molar-refractivity contribution is -0.00795. The number of rotatable bonds is 2. The summed E-state index contributed by atoms with van der Waals surface area (Å²) in [5.74, 6) is 0. The fourth-order valence-electron chi connectivity index (χ4n) is 0.555. The molecule has 72 valence electrons. The van der Waals surface area contributed by atoms with E-state index < -0.39 is 34.3 Å². The SMILES string of the molecule is CC1OS(=O)OC1OS(=O)(=O)F. The van der Waals surface area contributed by atoms with E-state index >= 15 is 0 Å². The summed E-state index contributed by atoms with van der Waals surface area (Å²) in [6, 6.07) is 0. The summed E-state index contributed by atoms with van der Waals surface area (Å²) in [5, 5.41) is 0. The summed E-state index contributed by atoms with van der Waals surface area (Å²) in [4.78, 5) is 0. The van der Waals surface area contributed by atoms with Crippen LogP contribution in [0.1, 0.15) is 6.92 Å². The van der Waals surface area contributed by atoms with E-state index in [2.05, 4.69) is 12.5 Å². The van der Waals surface area contributed by atoms with Crippen molar-refractivity contribution in [2.75, 3.05) is 0 Å². The van der Waals surface area contributed by atoms with Gasteiger partial charge in [-0.3, -0.25) is 4.18 Å². The molecule has 0 aliphatic carbocycles. The van der Waals surface area contributed by atoms with E-state index in [9.17, 15) is 16.5 Å². The molecule has 3 atom stereocenters. The summed E-state index contributed by atoms with van der Waals surface area (Å²) in [6.07, 6.45) is -2.38. The Kier molecular flexibility index (Phi) is 2.78. The predicted octanol–water partition coefficient (Wildman–Crippen LogP) is -0.443. The van der Waals surface area contributed by atoms with E-state index in [0.29, 0.717) is 0 Å². The Morgan fingerprint density at radius 3 is 2.42 bits per heavy atom. The molecule has 0 saturated carbocycles. The second kappa shape index (κ2) is 3.34. The Bertz CT molecular complexity index is 285. The molecule has 0 spiro atoms. The van der Waals surface area contributed by atoms with E-state index in [1.54, 1.807) is 0 Å². The molecule has 1 heterocycles. The lowest BCUT2D eigenvalue weighted by Crippen LogP contribution is -2.24. The van der Waals surface area contributed by atoms with Crippen LogP contribution in [0.25, 0.3) is 0 Å². The standard InChI is InChI=1S/C3H5FO6S2/c1-2-3(9-11(5)8-2)10-12(4,6)7/h2-3H,1H3. The van der Waals surface area contributed by atoms with Crippen molar-refractivity contribution in [3.05, 3.63) is 0 Å². The molecule has 0 aromatic rings. The maximum Gasteiger partial charge on any atom is 0.440 e. The third-order valence-electron chi connectivity index (χ3n) is 0.997.